The lowest BCUT2D eigenvalue weighted by molar-refractivity contribution is -0.00494. The SMILES string of the molecule is CCCC(C)NCC(C)OCC1CCOCC1. The molecular weight excluding hydrogens is 214 g/mol. The molecule has 0 aliphatic carbocycles. The second kappa shape index (κ2) is 8.90. The number of ether oxygens (including phenoxy) is 2. The molecule has 0 spiro atoms. The average Bonchev–Trinajstić information content (AvgIpc) is 2.35. The Morgan fingerprint density at radius 2 is 2.00 bits per heavy atom. The van der Waals surface area contributed by atoms with Gasteiger partial charge >= 0.3 is 0 Å². The highest BCUT2D eigenvalue weighted by atomic mass is 16.5. The van der Waals surface area contributed by atoms with Gasteiger partial charge in [0.05, 0.1) is 6.10 Å². The van der Waals surface area contributed by atoms with Crippen LogP contribution in [0.1, 0.15) is 46.5 Å². The zero-order valence-corrected chi connectivity index (χ0v) is 11.7. The van der Waals surface area contributed by atoms with Crippen LogP contribution in [0.2, 0.25) is 0 Å². The lowest BCUT2D eigenvalue weighted by atomic mass is 10.0. The van der Waals surface area contributed by atoms with Gasteiger partial charge in [0.15, 0.2) is 0 Å². The van der Waals surface area contributed by atoms with E-state index in [1.165, 1.54) is 12.8 Å². The van der Waals surface area contributed by atoms with Gasteiger partial charge in [-0.3, -0.25) is 0 Å². The summed E-state index contributed by atoms with van der Waals surface area (Å²) < 4.78 is 11.2. The normalized spacial score (nSPS) is 21.4. The molecule has 0 bridgehead atoms. The molecule has 1 fully saturated rings. The first-order valence-electron chi connectivity index (χ1n) is 7.15. The Morgan fingerprint density at radius 1 is 1.29 bits per heavy atom. The predicted octanol–water partition coefficient (Wildman–Crippen LogP) is 2.60. The van der Waals surface area contributed by atoms with Crippen molar-refractivity contribution < 1.29 is 9.47 Å². The van der Waals surface area contributed by atoms with Crippen molar-refractivity contribution >= 4 is 0 Å². The molecule has 0 aromatic rings. The predicted molar refractivity (Wildman–Crippen MR) is 71.3 cm³/mol. The molecule has 17 heavy (non-hydrogen) atoms. The fraction of sp³-hybridized carbons (Fsp3) is 1.00. The summed E-state index contributed by atoms with van der Waals surface area (Å²) in [5, 5.41) is 3.52. The molecule has 0 radical (unpaired) electrons. The van der Waals surface area contributed by atoms with Crippen LogP contribution in [-0.4, -0.2) is 38.5 Å². The Balaban J connectivity index is 2.01. The van der Waals surface area contributed by atoms with E-state index in [1.807, 2.05) is 0 Å². The lowest BCUT2D eigenvalue weighted by Crippen LogP contribution is -2.34. The molecule has 0 saturated carbocycles. The van der Waals surface area contributed by atoms with E-state index in [1.54, 1.807) is 0 Å². The van der Waals surface area contributed by atoms with Crippen molar-refractivity contribution in [2.75, 3.05) is 26.4 Å². The molecule has 1 aliphatic heterocycles. The van der Waals surface area contributed by atoms with Crippen molar-refractivity contribution in [2.45, 2.75) is 58.6 Å². The number of rotatable bonds is 8. The smallest absolute Gasteiger partial charge is 0.0671 e. The van der Waals surface area contributed by atoms with E-state index in [2.05, 4.69) is 26.1 Å². The van der Waals surface area contributed by atoms with E-state index in [4.69, 9.17) is 9.47 Å². The van der Waals surface area contributed by atoms with Gasteiger partial charge < -0.3 is 14.8 Å². The lowest BCUT2D eigenvalue weighted by Gasteiger charge is -2.24. The van der Waals surface area contributed by atoms with Crippen LogP contribution in [0.15, 0.2) is 0 Å². The molecule has 3 nitrogen and oxygen atoms in total. The molecule has 2 atom stereocenters. The maximum atomic E-state index is 5.89. The van der Waals surface area contributed by atoms with E-state index >= 15 is 0 Å². The summed E-state index contributed by atoms with van der Waals surface area (Å²) in [5.74, 6) is 0.708. The number of hydrogen-bond acceptors (Lipinski definition) is 3. The van der Waals surface area contributed by atoms with Crippen LogP contribution in [0, 0.1) is 5.92 Å². The molecule has 2 unspecified atom stereocenters. The fourth-order valence-electron chi connectivity index (χ4n) is 2.17. The van der Waals surface area contributed by atoms with E-state index in [9.17, 15) is 0 Å². The van der Waals surface area contributed by atoms with Gasteiger partial charge in [0.1, 0.15) is 0 Å². The van der Waals surface area contributed by atoms with Gasteiger partial charge in [0, 0.05) is 32.4 Å². The minimum Gasteiger partial charge on any atom is -0.381 e. The maximum absolute atomic E-state index is 5.89. The third-order valence-corrected chi connectivity index (χ3v) is 3.43. The van der Waals surface area contributed by atoms with Crippen molar-refractivity contribution in [3.05, 3.63) is 0 Å². The Kier molecular flexibility index (Phi) is 7.82. The monoisotopic (exact) mass is 243 g/mol. The minimum atomic E-state index is 0.317. The van der Waals surface area contributed by atoms with Gasteiger partial charge in [-0.1, -0.05) is 13.3 Å². The Bertz CT molecular complexity index is 181. The van der Waals surface area contributed by atoms with Gasteiger partial charge in [-0.2, -0.15) is 0 Å². The molecule has 1 N–H and O–H groups in total. The fourth-order valence-corrected chi connectivity index (χ4v) is 2.17. The van der Waals surface area contributed by atoms with Crippen LogP contribution in [-0.2, 0) is 9.47 Å². The standard InChI is InChI=1S/C14H29NO2/c1-4-5-12(2)15-10-13(3)17-11-14-6-8-16-9-7-14/h12-15H,4-11H2,1-3H3. The summed E-state index contributed by atoms with van der Waals surface area (Å²) >= 11 is 0. The van der Waals surface area contributed by atoms with Crippen LogP contribution in [0.4, 0.5) is 0 Å². The van der Waals surface area contributed by atoms with Crippen LogP contribution < -0.4 is 5.32 Å². The molecule has 3 heteroatoms. The van der Waals surface area contributed by atoms with Crippen LogP contribution in [0.3, 0.4) is 0 Å². The molecule has 1 aliphatic rings. The van der Waals surface area contributed by atoms with E-state index in [0.717, 1.165) is 39.2 Å². The third-order valence-electron chi connectivity index (χ3n) is 3.43. The molecule has 102 valence electrons. The van der Waals surface area contributed by atoms with Crippen molar-refractivity contribution in [1.29, 1.82) is 0 Å². The highest BCUT2D eigenvalue weighted by Crippen LogP contribution is 2.15. The van der Waals surface area contributed by atoms with E-state index in [0.29, 0.717) is 18.1 Å². The van der Waals surface area contributed by atoms with E-state index in [-0.39, 0.29) is 0 Å². The topological polar surface area (TPSA) is 30.5 Å². The van der Waals surface area contributed by atoms with Gasteiger partial charge in [-0.05, 0) is 39.0 Å². The second-order valence-corrected chi connectivity index (χ2v) is 5.30. The highest BCUT2D eigenvalue weighted by Gasteiger charge is 2.15. The Morgan fingerprint density at radius 3 is 2.65 bits per heavy atom. The molecular formula is C14H29NO2. The average molecular weight is 243 g/mol. The quantitative estimate of drug-likeness (QED) is 0.711. The summed E-state index contributed by atoms with van der Waals surface area (Å²) in [6.45, 7) is 10.3. The van der Waals surface area contributed by atoms with Crippen LogP contribution in [0.25, 0.3) is 0 Å². The van der Waals surface area contributed by atoms with Gasteiger partial charge in [-0.15, -0.1) is 0 Å². The second-order valence-electron chi connectivity index (χ2n) is 5.30. The van der Waals surface area contributed by atoms with Gasteiger partial charge in [0.2, 0.25) is 0 Å². The first kappa shape index (κ1) is 14.9. The van der Waals surface area contributed by atoms with Crippen molar-refractivity contribution in [2.24, 2.45) is 5.92 Å². The van der Waals surface area contributed by atoms with Crippen molar-refractivity contribution in [1.82, 2.24) is 5.32 Å². The molecule has 0 aromatic carbocycles. The Hall–Kier alpha value is -0.120. The molecule has 1 saturated heterocycles. The summed E-state index contributed by atoms with van der Waals surface area (Å²) in [5.41, 5.74) is 0. The van der Waals surface area contributed by atoms with E-state index < -0.39 is 0 Å². The summed E-state index contributed by atoms with van der Waals surface area (Å²) in [6, 6.07) is 0.606. The Labute approximate surface area is 106 Å². The third kappa shape index (κ3) is 7.02. The minimum absolute atomic E-state index is 0.317. The summed E-state index contributed by atoms with van der Waals surface area (Å²) in [7, 11) is 0. The molecule has 0 aromatic heterocycles. The van der Waals surface area contributed by atoms with Crippen molar-refractivity contribution in [3.63, 3.8) is 0 Å². The molecule has 1 heterocycles. The van der Waals surface area contributed by atoms with Gasteiger partial charge in [0.25, 0.3) is 0 Å². The first-order chi connectivity index (χ1) is 8.22. The zero-order valence-electron chi connectivity index (χ0n) is 11.7. The summed E-state index contributed by atoms with van der Waals surface area (Å²) in [4.78, 5) is 0. The maximum Gasteiger partial charge on any atom is 0.0671 e. The van der Waals surface area contributed by atoms with Gasteiger partial charge in [-0.25, -0.2) is 0 Å². The highest BCUT2D eigenvalue weighted by molar-refractivity contribution is 4.66. The molecule has 0 amide bonds. The number of hydrogen-bond donors (Lipinski definition) is 1. The zero-order chi connectivity index (χ0) is 12.5. The number of nitrogens with one attached hydrogen (secondary N) is 1. The first-order valence-corrected chi connectivity index (χ1v) is 7.15. The van der Waals surface area contributed by atoms with Crippen molar-refractivity contribution in [3.8, 4) is 0 Å². The van der Waals surface area contributed by atoms with Crippen LogP contribution in [0.5, 0.6) is 0 Å². The largest absolute Gasteiger partial charge is 0.381 e. The summed E-state index contributed by atoms with van der Waals surface area (Å²) in [6.07, 6.45) is 5.12. The van der Waals surface area contributed by atoms with Crippen LogP contribution >= 0.6 is 0 Å². The molecule has 1 rings (SSSR count).